The maximum Gasteiger partial charge on any atom is 0.129 e. The molecular formula is C53H69Br2IN8Si2W8-4. The molecule has 0 spiro atoms. The molecular weight excluding hydrogens is 2560 g/mol. The maximum atomic E-state index is 5.30. The van der Waals surface area contributed by atoms with Gasteiger partial charge in [-0.3, -0.25) is 48.1 Å². The van der Waals surface area contributed by atoms with Crippen LogP contribution in [0, 0.1) is 75.8 Å². The molecule has 402 valence electrons. The molecule has 0 saturated heterocycles. The molecule has 8 rings (SSSR count). The SMILES string of the molecule is C#C[Si](C)(C)C.C#Cc1cnc2c(c1)N([CH2-])CCC2.CBr.CI.[CH2-]N1CCCc2ncc(Br)cc21.[CH2-]N1CCCc2ncc(C#CC)cc21.[CH2-]N1CCCc2ncc(C#C[Si](C)(C)C)cc21.[W].[W].[W].[W].[W].[W].[W].[W]. The van der Waals surface area contributed by atoms with Gasteiger partial charge >= 0.3 is 0 Å². The average molecular weight is 2630 g/mol. The second kappa shape index (κ2) is 48.2. The van der Waals surface area contributed by atoms with Crippen LogP contribution in [-0.4, -0.2) is 73.0 Å². The number of hydrogen-bond acceptors (Lipinski definition) is 8. The van der Waals surface area contributed by atoms with Gasteiger partial charge in [0.05, 0.1) is 22.8 Å². The number of hydrogen-bond donors (Lipinski definition) is 0. The van der Waals surface area contributed by atoms with Crippen LogP contribution < -0.4 is 19.6 Å². The fourth-order valence-electron chi connectivity index (χ4n) is 6.62. The Kier molecular flexibility index (Phi) is 58.3. The molecule has 0 saturated carbocycles. The van der Waals surface area contributed by atoms with E-state index in [2.05, 4.69) is 195 Å². The summed E-state index contributed by atoms with van der Waals surface area (Å²) >= 11 is 8.49. The van der Waals surface area contributed by atoms with Crippen LogP contribution in [0.2, 0.25) is 39.3 Å². The zero-order valence-electron chi connectivity index (χ0n) is 44.1. The van der Waals surface area contributed by atoms with Crippen molar-refractivity contribution >= 4 is 93.3 Å². The van der Waals surface area contributed by atoms with E-state index in [9.17, 15) is 0 Å². The Morgan fingerprint density at radius 1 is 0.500 bits per heavy atom. The molecule has 0 amide bonds. The first-order chi connectivity index (χ1) is 31.4. The molecule has 0 atom stereocenters. The summed E-state index contributed by atoms with van der Waals surface area (Å²) in [4.78, 5) is 27.5. The Balaban J connectivity index is -0.000000148. The van der Waals surface area contributed by atoms with Gasteiger partial charge in [0.15, 0.2) is 0 Å². The standard InChI is InChI=1S/C14H19N2Si.C12H13N2.C11H11N2.C9H10BrN2.C5H10Si.CH3Br.CH3I.8W/c1-16-8-5-6-13-14(16)10-12(11-15-13)7-9-17(2,3)4;1-3-5-10-8-12-11(13-9-10)6-4-7-14(12)2;1-3-9-7-11-10(12-8-9)5-4-6-13(11)2;1-12-4-2-3-8-9(12)5-7(10)6-11-8;1-5-6(2,3)4;2*1-2;;;;;;;;/h10-11H,1,5-6,8H2,2-4H3;8-9H,2,4,6-7H2,1H3;1,7-8H,2,4-6H2;5-6H,1-4H2;1H,2-4H3;2*1H3;;;;;;;;/q4*-1;;;;;;;;;;;. The Morgan fingerprint density at radius 2 is 0.784 bits per heavy atom. The minimum absolute atomic E-state index is 0. The van der Waals surface area contributed by atoms with Crippen LogP contribution in [0.15, 0.2) is 53.5 Å². The number of pyridine rings is 4. The maximum absolute atomic E-state index is 5.30. The summed E-state index contributed by atoms with van der Waals surface area (Å²) in [6, 6.07) is 8.26. The molecule has 0 radical (unpaired) electrons. The summed E-state index contributed by atoms with van der Waals surface area (Å²) in [5.41, 5.74) is 18.0. The van der Waals surface area contributed by atoms with E-state index in [4.69, 9.17) is 12.8 Å². The number of fused-ring (bicyclic) bond motifs is 4. The Hall–Kier alpha value is 1.67. The minimum atomic E-state index is -1.31. The number of rotatable bonds is 0. The van der Waals surface area contributed by atoms with E-state index in [0.29, 0.717) is 0 Å². The summed E-state index contributed by atoms with van der Waals surface area (Å²) in [6.45, 7) is 19.1. The summed E-state index contributed by atoms with van der Waals surface area (Å²) in [5, 5.41) is 0. The molecule has 0 aliphatic carbocycles. The van der Waals surface area contributed by atoms with Crippen molar-refractivity contribution in [3.05, 3.63) is 121 Å². The molecule has 0 unspecified atom stereocenters. The fraction of sp³-hybridized carbons (Fsp3) is 0.396. The van der Waals surface area contributed by atoms with Gasteiger partial charge in [0.25, 0.3) is 0 Å². The van der Waals surface area contributed by atoms with Crippen LogP contribution in [0.25, 0.3) is 0 Å². The van der Waals surface area contributed by atoms with E-state index >= 15 is 0 Å². The van der Waals surface area contributed by atoms with Crippen molar-refractivity contribution in [2.75, 3.05) is 56.5 Å². The van der Waals surface area contributed by atoms with Gasteiger partial charge in [0.2, 0.25) is 0 Å². The summed E-state index contributed by atoms with van der Waals surface area (Å²) in [6.07, 6.45) is 26.5. The zero-order chi connectivity index (χ0) is 49.5. The van der Waals surface area contributed by atoms with E-state index < -0.39 is 16.1 Å². The predicted molar refractivity (Wildman–Crippen MR) is 306 cm³/mol. The van der Waals surface area contributed by atoms with E-state index in [1.807, 2.05) is 61.9 Å². The summed E-state index contributed by atoms with van der Waals surface area (Å²) < 4.78 is 1.02. The first kappa shape index (κ1) is 89.5. The monoisotopic (exact) mass is 2630 g/mol. The van der Waals surface area contributed by atoms with Gasteiger partial charge in [-0.2, -0.15) is 0 Å². The summed E-state index contributed by atoms with van der Waals surface area (Å²) in [5.74, 6) is 13.5. The Labute approximate surface area is 595 Å². The molecule has 0 bridgehead atoms. The molecule has 4 aromatic rings. The van der Waals surface area contributed by atoms with E-state index in [0.717, 1.165) is 139 Å². The number of alkyl halides is 2. The van der Waals surface area contributed by atoms with E-state index in [1.165, 1.54) is 5.69 Å². The first-order valence-corrected chi connectivity index (χ1v) is 33.5. The average Bonchev–Trinajstić information content (AvgIpc) is 3.31. The van der Waals surface area contributed by atoms with Crippen molar-refractivity contribution in [3.8, 4) is 47.6 Å². The number of halogens is 3. The fourth-order valence-corrected chi connectivity index (χ4v) is 7.46. The van der Waals surface area contributed by atoms with Gasteiger partial charge < -0.3 is 19.6 Å². The molecule has 8 nitrogen and oxygen atoms in total. The number of aryl methyl sites for hydroxylation is 4. The molecule has 4 aliphatic rings. The Morgan fingerprint density at radius 3 is 1.08 bits per heavy atom. The molecule has 74 heavy (non-hydrogen) atoms. The number of anilines is 4. The van der Waals surface area contributed by atoms with Crippen LogP contribution in [0.3, 0.4) is 0 Å². The van der Waals surface area contributed by atoms with Crippen LogP contribution in [-0.2, 0) is 194 Å². The van der Waals surface area contributed by atoms with Crippen molar-refractivity contribution < 1.29 is 169 Å². The van der Waals surface area contributed by atoms with Crippen molar-refractivity contribution in [1.29, 1.82) is 0 Å². The van der Waals surface area contributed by atoms with E-state index in [-0.39, 0.29) is 169 Å². The van der Waals surface area contributed by atoms with Gasteiger partial charge in [-0.05, 0) is 135 Å². The zero-order valence-corrected chi connectivity index (χ0v) is 74.9. The normalized spacial score (nSPS) is 12.4. The quantitative estimate of drug-likeness (QED) is 0.0567. The molecule has 21 heteroatoms. The van der Waals surface area contributed by atoms with Gasteiger partial charge in [0.1, 0.15) is 16.1 Å². The van der Waals surface area contributed by atoms with Gasteiger partial charge in [-0.25, -0.2) is 0 Å². The second-order valence-corrected chi connectivity index (χ2v) is 28.0. The number of nitrogens with zero attached hydrogens (tertiary/aromatic N) is 8. The predicted octanol–water partition coefficient (Wildman–Crippen LogP) is 12.4. The number of aromatic nitrogens is 4. The molecule has 0 N–H and O–H groups in total. The van der Waals surface area contributed by atoms with Crippen LogP contribution in [0.1, 0.15) is 72.1 Å². The molecule has 0 fully saturated rings. The van der Waals surface area contributed by atoms with Crippen LogP contribution in [0.5, 0.6) is 0 Å². The van der Waals surface area contributed by atoms with Crippen LogP contribution in [0.4, 0.5) is 22.7 Å². The molecule has 4 aromatic heterocycles. The van der Waals surface area contributed by atoms with Crippen molar-refractivity contribution in [3.63, 3.8) is 0 Å². The van der Waals surface area contributed by atoms with Gasteiger partial charge in [-0.1, -0.05) is 95.6 Å². The van der Waals surface area contributed by atoms with Crippen LogP contribution >= 0.6 is 54.5 Å². The van der Waals surface area contributed by atoms with Gasteiger partial charge in [0, 0.05) is 237 Å². The molecule has 0 aromatic carbocycles. The molecule has 8 heterocycles. The third-order valence-corrected chi connectivity index (χ3v) is 12.1. The van der Waals surface area contributed by atoms with Crippen molar-refractivity contribution in [1.82, 2.24) is 19.9 Å². The largest absolute Gasteiger partial charge is 0.524 e. The second-order valence-electron chi connectivity index (χ2n) is 17.6. The first-order valence-electron chi connectivity index (χ1n) is 22.0. The third-order valence-electron chi connectivity index (χ3n) is 9.94. The van der Waals surface area contributed by atoms with Gasteiger partial charge in [-0.15, -0.1) is 29.9 Å². The number of terminal acetylenes is 2. The summed E-state index contributed by atoms with van der Waals surface area (Å²) in [7, 11) is 13.5. The van der Waals surface area contributed by atoms with Crippen molar-refractivity contribution in [2.24, 2.45) is 0 Å². The van der Waals surface area contributed by atoms with E-state index in [1.54, 1.807) is 6.20 Å². The smallest absolute Gasteiger partial charge is 0.129 e. The Bertz CT molecular complexity index is 2400. The topological polar surface area (TPSA) is 64.5 Å². The van der Waals surface area contributed by atoms with Crippen molar-refractivity contribution in [2.45, 2.75) is 97.6 Å². The minimum Gasteiger partial charge on any atom is -0.524 e. The molecule has 4 aliphatic heterocycles. The third kappa shape index (κ3) is 33.6.